The van der Waals surface area contributed by atoms with Crippen molar-refractivity contribution in [3.8, 4) is 0 Å². The maximum Gasteiger partial charge on any atom is 0.240 e. The smallest absolute Gasteiger partial charge is 0.240 e. The summed E-state index contributed by atoms with van der Waals surface area (Å²) < 4.78 is 5.79. The van der Waals surface area contributed by atoms with E-state index in [4.69, 9.17) is 10.5 Å². The highest BCUT2D eigenvalue weighted by molar-refractivity contribution is 5.82. The summed E-state index contributed by atoms with van der Waals surface area (Å²) >= 11 is 0. The van der Waals surface area contributed by atoms with Gasteiger partial charge < -0.3 is 15.4 Å². The highest BCUT2D eigenvalue weighted by Gasteiger charge is 2.32. The van der Waals surface area contributed by atoms with E-state index in [1.165, 1.54) is 0 Å². The van der Waals surface area contributed by atoms with E-state index < -0.39 is 6.04 Å². The molecule has 2 atom stereocenters. The molecule has 4 nitrogen and oxygen atoms in total. The zero-order valence-electron chi connectivity index (χ0n) is 13.0. The fraction of sp³-hybridized carbons (Fsp3) is 0.588. The number of carbonyl (C=O) groups excluding carboxylic acids is 1. The number of nitrogens with two attached hydrogens (primary N) is 1. The van der Waals surface area contributed by atoms with Crippen LogP contribution in [0.4, 0.5) is 0 Å². The predicted molar refractivity (Wildman–Crippen MR) is 83.6 cm³/mol. The highest BCUT2D eigenvalue weighted by atomic mass is 16.5. The van der Waals surface area contributed by atoms with E-state index in [0.717, 1.165) is 24.9 Å². The van der Waals surface area contributed by atoms with Gasteiger partial charge in [0.1, 0.15) is 0 Å². The van der Waals surface area contributed by atoms with E-state index in [0.29, 0.717) is 13.2 Å². The molecule has 1 aliphatic rings. The van der Waals surface area contributed by atoms with Crippen LogP contribution in [0.5, 0.6) is 0 Å². The maximum absolute atomic E-state index is 12.4. The fourth-order valence-corrected chi connectivity index (χ4v) is 2.66. The molecule has 116 valence electrons. The Bertz CT molecular complexity index is 447. The number of ether oxygens (including phenoxy) is 1. The van der Waals surface area contributed by atoms with Crippen LogP contribution in [0.25, 0.3) is 0 Å². The van der Waals surface area contributed by atoms with E-state index in [1.807, 2.05) is 49.1 Å². The van der Waals surface area contributed by atoms with E-state index >= 15 is 0 Å². The molecule has 21 heavy (non-hydrogen) atoms. The summed E-state index contributed by atoms with van der Waals surface area (Å²) in [7, 11) is 0. The summed E-state index contributed by atoms with van der Waals surface area (Å²) in [5.41, 5.74) is 7.15. The lowest BCUT2D eigenvalue weighted by Gasteiger charge is -2.28. The molecule has 1 fully saturated rings. The molecule has 0 aliphatic carbocycles. The molecule has 1 aromatic rings. The van der Waals surface area contributed by atoms with Gasteiger partial charge in [-0.3, -0.25) is 4.79 Å². The zero-order valence-corrected chi connectivity index (χ0v) is 13.0. The second kappa shape index (κ2) is 7.57. The summed E-state index contributed by atoms with van der Waals surface area (Å²) in [6.07, 6.45) is 2.04. The van der Waals surface area contributed by atoms with E-state index in [9.17, 15) is 4.79 Å². The molecule has 1 heterocycles. The maximum atomic E-state index is 12.4. The number of amides is 1. The van der Waals surface area contributed by atoms with Crippen molar-refractivity contribution < 1.29 is 9.53 Å². The minimum absolute atomic E-state index is 0.0656. The summed E-state index contributed by atoms with van der Waals surface area (Å²) in [6, 6.07) is 9.87. The van der Waals surface area contributed by atoms with Crippen LogP contribution in [0.3, 0.4) is 0 Å². The molecule has 1 aromatic carbocycles. The third-order valence-electron chi connectivity index (χ3n) is 4.09. The Morgan fingerprint density at radius 3 is 2.76 bits per heavy atom. The van der Waals surface area contributed by atoms with Crippen LogP contribution in [0.15, 0.2) is 30.3 Å². The number of hydrogen-bond acceptors (Lipinski definition) is 3. The second-order valence-electron chi connectivity index (χ2n) is 6.10. The second-order valence-corrected chi connectivity index (χ2v) is 6.10. The minimum atomic E-state index is -0.403. The van der Waals surface area contributed by atoms with Crippen LogP contribution in [0.2, 0.25) is 0 Å². The molecule has 0 bridgehead atoms. The van der Waals surface area contributed by atoms with Gasteiger partial charge in [-0.15, -0.1) is 0 Å². The molecule has 1 saturated heterocycles. The van der Waals surface area contributed by atoms with Crippen LogP contribution in [-0.4, -0.2) is 36.0 Å². The summed E-state index contributed by atoms with van der Waals surface area (Å²) in [5, 5.41) is 0. The van der Waals surface area contributed by atoms with Crippen LogP contribution in [0.1, 0.15) is 32.3 Å². The van der Waals surface area contributed by atoms with E-state index in [1.54, 1.807) is 0 Å². The van der Waals surface area contributed by atoms with Gasteiger partial charge in [-0.2, -0.15) is 0 Å². The lowest BCUT2D eigenvalue weighted by atomic mass is 10.0. The molecule has 2 rings (SSSR count). The lowest BCUT2D eigenvalue weighted by Crippen LogP contribution is -2.49. The van der Waals surface area contributed by atoms with Crippen molar-refractivity contribution in [2.45, 2.75) is 45.4 Å². The topological polar surface area (TPSA) is 55.6 Å². The molecular weight excluding hydrogens is 264 g/mol. The summed E-state index contributed by atoms with van der Waals surface area (Å²) in [4.78, 5) is 14.3. The van der Waals surface area contributed by atoms with Gasteiger partial charge in [0.15, 0.2) is 0 Å². The molecule has 0 unspecified atom stereocenters. The van der Waals surface area contributed by atoms with Gasteiger partial charge in [-0.05, 0) is 24.3 Å². The monoisotopic (exact) mass is 290 g/mol. The lowest BCUT2D eigenvalue weighted by molar-refractivity contribution is -0.135. The molecule has 0 radical (unpaired) electrons. The minimum Gasteiger partial charge on any atom is -0.375 e. The van der Waals surface area contributed by atoms with Crippen LogP contribution in [0, 0.1) is 5.92 Å². The predicted octanol–water partition coefficient (Wildman–Crippen LogP) is 2.18. The Labute approximate surface area is 127 Å². The largest absolute Gasteiger partial charge is 0.375 e. The number of rotatable bonds is 6. The Kier molecular flexibility index (Phi) is 5.76. The third kappa shape index (κ3) is 4.29. The first kappa shape index (κ1) is 16.0. The highest BCUT2D eigenvalue weighted by Crippen LogP contribution is 2.20. The van der Waals surface area contributed by atoms with Gasteiger partial charge in [0.25, 0.3) is 0 Å². The van der Waals surface area contributed by atoms with Gasteiger partial charge >= 0.3 is 0 Å². The molecule has 0 aromatic heterocycles. The van der Waals surface area contributed by atoms with Gasteiger partial charge in [0, 0.05) is 6.54 Å². The number of carbonyl (C=O) groups is 1. The van der Waals surface area contributed by atoms with Crippen molar-refractivity contribution >= 4 is 5.91 Å². The molecule has 1 amide bonds. The summed E-state index contributed by atoms with van der Waals surface area (Å²) in [5.74, 6) is 0.236. The molecule has 0 spiro atoms. The number of nitrogens with zero attached hydrogens (tertiary/aromatic N) is 1. The zero-order chi connectivity index (χ0) is 15.2. The first-order valence-corrected chi connectivity index (χ1v) is 7.77. The molecule has 2 N–H and O–H groups in total. The van der Waals surface area contributed by atoms with Crippen LogP contribution >= 0.6 is 0 Å². The average molecular weight is 290 g/mol. The number of likely N-dealkylation sites (tertiary alicyclic amines) is 1. The third-order valence-corrected chi connectivity index (χ3v) is 4.09. The Morgan fingerprint density at radius 1 is 1.38 bits per heavy atom. The number of hydrogen-bond donors (Lipinski definition) is 1. The summed E-state index contributed by atoms with van der Waals surface area (Å²) in [6.45, 7) is 5.96. The van der Waals surface area contributed by atoms with Gasteiger partial charge in [0.2, 0.25) is 5.91 Å². The standard InChI is InChI=1S/C17H26N2O2/c1-13(2)16(18)17(20)19-10-6-9-15(19)12-21-11-14-7-4-3-5-8-14/h3-5,7-8,13,15-16H,6,9-12,18H2,1-2H3/t15-,16-/m0/s1. The fourth-order valence-electron chi connectivity index (χ4n) is 2.66. The first-order valence-electron chi connectivity index (χ1n) is 7.77. The first-order chi connectivity index (χ1) is 10.1. The number of benzene rings is 1. The van der Waals surface area contributed by atoms with Gasteiger partial charge in [-0.1, -0.05) is 44.2 Å². The van der Waals surface area contributed by atoms with Crippen molar-refractivity contribution in [2.75, 3.05) is 13.2 Å². The van der Waals surface area contributed by atoms with Gasteiger partial charge in [0.05, 0.1) is 25.3 Å². The van der Waals surface area contributed by atoms with Crippen LogP contribution in [-0.2, 0) is 16.1 Å². The SMILES string of the molecule is CC(C)[C@H](N)C(=O)N1CCC[C@H]1COCc1ccccc1. The van der Waals surface area contributed by atoms with Crippen molar-refractivity contribution in [1.29, 1.82) is 0 Å². The van der Waals surface area contributed by atoms with Crippen LogP contribution < -0.4 is 5.73 Å². The normalized spacial score (nSPS) is 20.0. The Hall–Kier alpha value is -1.39. The van der Waals surface area contributed by atoms with Crippen molar-refractivity contribution in [1.82, 2.24) is 4.90 Å². The quantitative estimate of drug-likeness (QED) is 0.873. The van der Waals surface area contributed by atoms with Crippen molar-refractivity contribution in [2.24, 2.45) is 11.7 Å². The van der Waals surface area contributed by atoms with E-state index in [-0.39, 0.29) is 17.9 Å². The molecule has 4 heteroatoms. The molecular formula is C17H26N2O2. The Balaban J connectivity index is 1.83. The Morgan fingerprint density at radius 2 is 2.10 bits per heavy atom. The van der Waals surface area contributed by atoms with Crippen molar-refractivity contribution in [3.05, 3.63) is 35.9 Å². The average Bonchev–Trinajstić information content (AvgIpc) is 2.95. The van der Waals surface area contributed by atoms with E-state index in [2.05, 4.69) is 0 Å². The van der Waals surface area contributed by atoms with Crippen molar-refractivity contribution in [3.63, 3.8) is 0 Å². The van der Waals surface area contributed by atoms with Gasteiger partial charge in [-0.25, -0.2) is 0 Å². The molecule has 1 aliphatic heterocycles. The molecule has 0 saturated carbocycles.